The van der Waals surface area contributed by atoms with Gasteiger partial charge >= 0.3 is 0 Å². The lowest BCUT2D eigenvalue weighted by Crippen LogP contribution is -2.25. The maximum atomic E-state index is 12.1. The molecule has 1 aliphatic rings. The zero-order valence-electron chi connectivity index (χ0n) is 13.8. The van der Waals surface area contributed by atoms with E-state index in [1.807, 2.05) is 25.1 Å². The van der Waals surface area contributed by atoms with Crippen LogP contribution in [0.25, 0.3) is 12.5 Å². The molecule has 0 unspecified atom stereocenters. The van der Waals surface area contributed by atoms with Crippen molar-refractivity contribution < 1.29 is 18.7 Å². The first-order valence-corrected chi connectivity index (χ1v) is 8.42. The number of ether oxygens (including phenoxy) is 2. The third kappa shape index (κ3) is 3.97. The van der Waals surface area contributed by atoms with Crippen molar-refractivity contribution in [1.29, 1.82) is 0 Å². The maximum absolute atomic E-state index is 12.1. The molecule has 0 spiro atoms. The van der Waals surface area contributed by atoms with Crippen LogP contribution in [-0.2, 0) is 9.53 Å². The third-order valence-corrected chi connectivity index (χ3v) is 4.15. The first kappa shape index (κ1) is 17.0. The van der Waals surface area contributed by atoms with Crippen molar-refractivity contribution in [2.75, 3.05) is 18.2 Å². The second-order valence-electron chi connectivity index (χ2n) is 5.15. The number of nitrogens with zero attached hydrogens (tertiary/aromatic N) is 1. The highest BCUT2D eigenvalue weighted by Crippen LogP contribution is 2.23. The molecule has 7 nitrogen and oxygen atoms in total. The first-order valence-electron chi connectivity index (χ1n) is 7.43. The molecule has 2 aromatic rings. The van der Waals surface area contributed by atoms with Crippen LogP contribution in [-0.4, -0.2) is 24.0 Å². The zero-order valence-corrected chi connectivity index (χ0v) is 14.6. The van der Waals surface area contributed by atoms with Gasteiger partial charge in [0, 0.05) is 0 Å². The highest BCUT2D eigenvalue weighted by atomic mass is 32.2. The lowest BCUT2D eigenvalue weighted by molar-refractivity contribution is -0.113. The summed E-state index contributed by atoms with van der Waals surface area (Å²) in [5.74, 6) is 1.73. The van der Waals surface area contributed by atoms with E-state index in [0.717, 1.165) is 5.76 Å². The summed E-state index contributed by atoms with van der Waals surface area (Å²) < 4.78 is 16.2. The van der Waals surface area contributed by atoms with E-state index in [1.165, 1.54) is 11.8 Å². The normalized spacial score (nSPS) is 15.2. The van der Waals surface area contributed by atoms with Crippen molar-refractivity contribution in [2.45, 2.75) is 6.92 Å². The van der Waals surface area contributed by atoms with Crippen LogP contribution >= 0.6 is 11.8 Å². The number of benzene rings is 1. The minimum atomic E-state index is -0.189. The molecule has 2 heterocycles. The Labute approximate surface area is 148 Å². The summed E-state index contributed by atoms with van der Waals surface area (Å²) in [5, 5.41) is 7.90. The largest absolute Gasteiger partial charge is 0.495 e. The Morgan fingerprint density at radius 1 is 1.44 bits per heavy atom. The number of furan rings is 1. The highest BCUT2D eigenvalue weighted by Gasteiger charge is 2.17. The smallest absolute Gasteiger partial charge is 0.275 e. The summed E-state index contributed by atoms with van der Waals surface area (Å²) in [4.78, 5) is 12.1. The summed E-state index contributed by atoms with van der Waals surface area (Å²) in [7, 11) is 1.55. The van der Waals surface area contributed by atoms with E-state index < -0.39 is 0 Å². The van der Waals surface area contributed by atoms with Gasteiger partial charge in [-0.3, -0.25) is 4.79 Å². The van der Waals surface area contributed by atoms with Gasteiger partial charge in [-0.15, -0.1) is 5.10 Å². The number of amides is 1. The van der Waals surface area contributed by atoms with Gasteiger partial charge in [0.25, 0.3) is 5.23 Å². The van der Waals surface area contributed by atoms with Crippen molar-refractivity contribution in [2.24, 2.45) is 5.10 Å². The molecule has 25 heavy (non-hydrogen) atoms. The Hall–Kier alpha value is -2.87. The number of hydrogen-bond donors (Lipinski definition) is 2. The summed E-state index contributed by atoms with van der Waals surface area (Å²) >= 11 is 1.18. The van der Waals surface area contributed by atoms with Crippen molar-refractivity contribution in [3.63, 3.8) is 0 Å². The van der Waals surface area contributed by atoms with E-state index >= 15 is 0 Å². The second-order valence-corrected chi connectivity index (χ2v) is 6.08. The Morgan fingerprint density at radius 3 is 2.96 bits per heavy atom. The third-order valence-electron chi connectivity index (χ3n) is 3.32. The summed E-state index contributed by atoms with van der Waals surface area (Å²) in [6.45, 7) is 5.63. The molecule has 1 aliphatic heterocycles. The monoisotopic (exact) mass is 359 g/mol. The van der Waals surface area contributed by atoms with Crippen LogP contribution in [0.2, 0.25) is 0 Å². The number of anilines is 1. The number of thioether (sulfide) groups is 1. The Morgan fingerprint density at radius 2 is 2.24 bits per heavy atom. The van der Waals surface area contributed by atoms with Gasteiger partial charge in [-0.1, -0.05) is 30.5 Å². The molecular weight excluding hydrogens is 342 g/mol. The first-order chi connectivity index (χ1) is 12.1. The molecule has 0 saturated carbocycles. The zero-order chi connectivity index (χ0) is 17.8. The van der Waals surface area contributed by atoms with E-state index in [4.69, 9.17) is 13.9 Å². The average molecular weight is 359 g/mol. The Bertz CT molecular complexity index is 936. The molecule has 2 N–H and O–H groups in total. The molecule has 1 aromatic heterocycles. The van der Waals surface area contributed by atoms with Crippen LogP contribution in [0.4, 0.5) is 5.69 Å². The number of rotatable bonds is 4. The number of aryl methyl sites for hydroxylation is 1. The lowest BCUT2D eigenvalue weighted by atomic mass is 10.3. The topological polar surface area (TPSA) is 85.1 Å². The molecule has 3 rings (SSSR count). The van der Waals surface area contributed by atoms with Crippen LogP contribution in [0.15, 0.2) is 39.9 Å². The summed E-state index contributed by atoms with van der Waals surface area (Å²) in [6, 6.07) is 9.02. The fourth-order valence-electron chi connectivity index (χ4n) is 2.22. The van der Waals surface area contributed by atoms with Crippen LogP contribution in [0.5, 0.6) is 5.75 Å². The van der Waals surface area contributed by atoms with Crippen molar-refractivity contribution in [3.05, 3.63) is 46.7 Å². The van der Waals surface area contributed by atoms with Gasteiger partial charge in [0.05, 0.1) is 23.8 Å². The maximum Gasteiger partial charge on any atom is 0.275 e. The molecule has 0 saturated heterocycles. The van der Waals surface area contributed by atoms with E-state index in [9.17, 15) is 4.79 Å². The molecule has 0 atom stereocenters. The molecule has 0 fully saturated rings. The van der Waals surface area contributed by atoms with E-state index in [-0.39, 0.29) is 11.7 Å². The molecular formula is C17H17N3O4S. The minimum absolute atomic E-state index is 0.146. The van der Waals surface area contributed by atoms with Gasteiger partial charge < -0.3 is 19.2 Å². The molecule has 0 aliphatic carbocycles. The number of nitrogens with one attached hydrogen (secondary N) is 2. The second kappa shape index (κ2) is 7.35. The predicted molar refractivity (Wildman–Crippen MR) is 97.4 cm³/mol. The van der Waals surface area contributed by atoms with Crippen LogP contribution in [0.1, 0.15) is 5.76 Å². The van der Waals surface area contributed by atoms with Gasteiger partial charge in [0.15, 0.2) is 0 Å². The lowest BCUT2D eigenvalue weighted by Gasteiger charge is -2.09. The van der Waals surface area contributed by atoms with Crippen LogP contribution in [0, 0.1) is 6.92 Å². The molecule has 0 radical (unpaired) electrons. The summed E-state index contributed by atoms with van der Waals surface area (Å²) in [5.41, 5.74) is 3.89. The summed E-state index contributed by atoms with van der Waals surface area (Å²) in [6.07, 6.45) is 0. The molecule has 8 heteroatoms. The van der Waals surface area contributed by atoms with Crippen LogP contribution < -0.4 is 26.1 Å². The van der Waals surface area contributed by atoms with Gasteiger partial charge in [-0.25, -0.2) is 5.43 Å². The average Bonchev–Trinajstić information content (AvgIpc) is 3.19. The quantitative estimate of drug-likeness (QED) is 0.857. The van der Waals surface area contributed by atoms with Crippen LogP contribution in [0.3, 0.4) is 0 Å². The molecule has 1 amide bonds. The Kier molecular flexibility index (Phi) is 4.99. The highest BCUT2D eigenvalue weighted by molar-refractivity contribution is 8.14. The number of para-hydroxylation sites is 2. The van der Waals surface area contributed by atoms with Gasteiger partial charge in [0.2, 0.25) is 11.8 Å². The fourth-order valence-corrected chi connectivity index (χ4v) is 2.80. The van der Waals surface area contributed by atoms with Crippen molar-refractivity contribution in [3.8, 4) is 5.75 Å². The Balaban J connectivity index is 1.58. The fraction of sp³-hybridized carbons (Fsp3) is 0.176. The minimum Gasteiger partial charge on any atom is -0.495 e. The van der Waals surface area contributed by atoms with Gasteiger partial charge in [-0.05, 0) is 25.1 Å². The van der Waals surface area contributed by atoms with E-state index in [0.29, 0.717) is 33.2 Å². The van der Waals surface area contributed by atoms with E-state index in [1.54, 1.807) is 19.2 Å². The van der Waals surface area contributed by atoms with Gasteiger partial charge in [-0.2, -0.15) is 0 Å². The number of hydrazone groups is 1. The van der Waals surface area contributed by atoms with Crippen molar-refractivity contribution in [1.82, 2.24) is 5.43 Å². The standard InChI is InChI=1S/C17H17N3O4S/c1-10-8-12(11(2)23-10)16-19-20-17(24-16)25-9-15(21)18-13-6-4-5-7-14(13)22-3/h4-8,19H,2,9H2,1,3H3,(H,18,21). The van der Waals surface area contributed by atoms with Crippen molar-refractivity contribution >= 4 is 41.0 Å². The molecule has 130 valence electrons. The number of hydrogen-bond acceptors (Lipinski definition) is 7. The number of carbonyl (C=O) groups excluding carboxylic acids is 1. The van der Waals surface area contributed by atoms with Gasteiger partial charge in [0.1, 0.15) is 16.9 Å². The molecule has 0 bridgehead atoms. The molecule has 1 aromatic carbocycles. The SMILES string of the molecule is C=c1oc(C)cc1=C1NN=C(SCC(=O)Nc2ccccc2OC)O1. The number of carbonyl (C=O) groups is 1. The predicted octanol–water partition coefficient (Wildman–Crippen LogP) is 1.34. The van der Waals surface area contributed by atoms with E-state index in [2.05, 4.69) is 22.4 Å². The number of methoxy groups -OCH3 is 1.